The molecule has 0 unspecified atom stereocenters. The van der Waals surface area contributed by atoms with Gasteiger partial charge in [0.25, 0.3) is 0 Å². The molecule has 5 nitrogen and oxygen atoms in total. The molecule has 0 N–H and O–H groups in total. The standard InChI is InChI=1S/C11H15N2O3.BF4/c1-14-6-7-15-8-9-16-11-4-2-10(13-12)3-5-11;2-1(3,4)5/h2-5H,6-9H2,1H3;/q+1;-1. The number of ether oxygens (including phenoxy) is 3. The number of diazo groups is 1. The Bertz CT molecular complexity index is 417. The Balaban J connectivity index is 0.000000690. The molecular formula is C11H15BF4N2O3. The lowest BCUT2D eigenvalue weighted by atomic mass is 10.3. The van der Waals surface area contributed by atoms with Crippen molar-refractivity contribution in [2.45, 2.75) is 0 Å². The first-order chi connectivity index (χ1) is 9.86. The molecule has 0 aromatic heterocycles. The zero-order valence-electron chi connectivity index (χ0n) is 11.3. The van der Waals surface area contributed by atoms with Gasteiger partial charge in [0.15, 0.2) is 4.98 Å². The molecule has 0 aliphatic rings. The summed E-state index contributed by atoms with van der Waals surface area (Å²) in [6, 6.07) is 6.82. The average molecular weight is 310 g/mol. The fourth-order valence-corrected chi connectivity index (χ4v) is 1.07. The fraction of sp³-hybridized carbons (Fsp3) is 0.455. The Morgan fingerprint density at radius 2 is 1.52 bits per heavy atom. The summed E-state index contributed by atoms with van der Waals surface area (Å²) < 4.78 is 54.5. The van der Waals surface area contributed by atoms with Crippen molar-refractivity contribution < 1.29 is 31.5 Å². The second-order valence-corrected chi connectivity index (χ2v) is 3.54. The summed E-state index contributed by atoms with van der Waals surface area (Å²) in [5.41, 5.74) is 0.503. The molecule has 10 heteroatoms. The van der Waals surface area contributed by atoms with Crippen molar-refractivity contribution in [2.24, 2.45) is 0 Å². The number of hydrogen-bond donors (Lipinski definition) is 0. The van der Waals surface area contributed by atoms with Crippen LogP contribution in [0.25, 0.3) is 4.98 Å². The summed E-state index contributed by atoms with van der Waals surface area (Å²) in [6.07, 6.45) is 0. The van der Waals surface area contributed by atoms with Crippen LogP contribution >= 0.6 is 0 Å². The highest BCUT2D eigenvalue weighted by Crippen LogP contribution is 2.17. The predicted molar refractivity (Wildman–Crippen MR) is 69.6 cm³/mol. The topological polar surface area (TPSA) is 55.8 Å². The van der Waals surface area contributed by atoms with E-state index in [1.807, 2.05) is 0 Å². The highest BCUT2D eigenvalue weighted by Gasteiger charge is 2.20. The largest absolute Gasteiger partial charge is 0.673 e. The molecule has 21 heavy (non-hydrogen) atoms. The average Bonchev–Trinajstić information content (AvgIpc) is 2.41. The minimum Gasteiger partial charge on any atom is -0.491 e. The van der Waals surface area contributed by atoms with E-state index in [1.54, 1.807) is 31.4 Å². The lowest BCUT2D eigenvalue weighted by Crippen LogP contribution is -2.09. The number of methoxy groups -OCH3 is 1. The number of nitrogens with zero attached hydrogens (tertiary/aromatic N) is 2. The van der Waals surface area contributed by atoms with Gasteiger partial charge in [-0.2, -0.15) is 0 Å². The van der Waals surface area contributed by atoms with E-state index in [2.05, 4.69) is 4.98 Å². The van der Waals surface area contributed by atoms with Crippen LogP contribution in [-0.2, 0) is 9.47 Å². The van der Waals surface area contributed by atoms with Gasteiger partial charge in [-0.1, -0.05) is 0 Å². The minimum absolute atomic E-state index is 0.485. The maximum absolute atomic E-state index is 9.75. The Labute approximate surface area is 119 Å². The van der Waals surface area contributed by atoms with Crippen LogP contribution in [0.15, 0.2) is 24.3 Å². The lowest BCUT2D eigenvalue weighted by molar-refractivity contribution is 0.0544. The van der Waals surface area contributed by atoms with E-state index in [0.717, 1.165) is 5.75 Å². The first-order valence-corrected chi connectivity index (χ1v) is 5.88. The molecule has 1 aromatic carbocycles. The van der Waals surface area contributed by atoms with Crippen molar-refractivity contribution in [2.75, 3.05) is 33.5 Å². The molecule has 0 heterocycles. The molecule has 0 amide bonds. The first kappa shape index (κ1) is 19.1. The van der Waals surface area contributed by atoms with Crippen molar-refractivity contribution in [1.82, 2.24) is 0 Å². The highest BCUT2D eigenvalue weighted by atomic mass is 19.5. The molecule has 1 rings (SSSR count). The van der Waals surface area contributed by atoms with Crippen molar-refractivity contribution in [3.63, 3.8) is 0 Å². The molecule has 0 bridgehead atoms. The molecule has 0 atom stereocenters. The van der Waals surface area contributed by atoms with Gasteiger partial charge in [0.2, 0.25) is 5.39 Å². The molecule has 118 valence electrons. The fourth-order valence-electron chi connectivity index (χ4n) is 1.07. The Morgan fingerprint density at radius 3 is 2.00 bits per heavy atom. The van der Waals surface area contributed by atoms with Crippen LogP contribution in [0.2, 0.25) is 0 Å². The van der Waals surface area contributed by atoms with Crippen LogP contribution in [-0.4, -0.2) is 40.8 Å². The Hall–Kier alpha value is -1.86. The molecule has 0 aliphatic heterocycles. The van der Waals surface area contributed by atoms with E-state index in [-0.39, 0.29) is 0 Å². The van der Waals surface area contributed by atoms with Crippen molar-refractivity contribution in [3.05, 3.63) is 29.2 Å². The maximum Gasteiger partial charge on any atom is 0.673 e. The van der Waals surface area contributed by atoms with E-state index in [0.29, 0.717) is 32.1 Å². The van der Waals surface area contributed by atoms with Gasteiger partial charge in [0, 0.05) is 19.2 Å². The van der Waals surface area contributed by atoms with Crippen LogP contribution in [0.1, 0.15) is 0 Å². The second kappa shape index (κ2) is 10.9. The molecule has 1 aromatic rings. The zero-order chi connectivity index (χ0) is 16.1. The molecule has 0 saturated heterocycles. The molecule has 0 radical (unpaired) electrons. The van der Waals surface area contributed by atoms with Gasteiger partial charge < -0.3 is 31.5 Å². The third-order valence-corrected chi connectivity index (χ3v) is 1.88. The smallest absolute Gasteiger partial charge is 0.491 e. The summed E-state index contributed by atoms with van der Waals surface area (Å²) >= 11 is 0. The first-order valence-electron chi connectivity index (χ1n) is 5.88. The van der Waals surface area contributed by atoms with E-state index in [9.17, 15) is 17.3 Å². The van der Waals surface area contributed by atoms with Crippen LogP contribution in [0.4, 0.5) is 23.0 Å². The van der Waals surface area contributed by atoms with Crippen LogP contribution in [0.3, 0.4) is 0 Å². The normalized spacial score (nSPS) is 10.3. The monoisotopic (exact) mass is 310 g/mol. The SMILES string of the molecule is COCCOCCOc1ccc([N+]#N)cc1.F[B-](F)(F)F. The molecule has 0 aliphatic carbocycles. The van der Waals surface area contributed by atoms with Crippen LogP contribution in [0, 0.1) is 5.39 Å². The van der Waals surface area contributed by atoms with Crippen molar-refractivity contribution in [1.29, 1.82) is 5.39 Å². The van der Waals surface area contributed by atoms with Gasteiger partial charge >= 0.3 is 12.9 Å². The number of benzene rings is 1. The summed E-state index contributed by atoms with van der Waals surface area (Å²) in [6.45, 7) is 2.17. The van der Waals surface area contributed by atoms with E-state index in [4.69, 9.17) is 19.6 Å². The zero-order valence-corrected chi connectivity index (χ0v) is 11.3. The summed E-state index contributed by atoms with van der Waals surface area (Å²) in [5.74, 6) is 0.725. The van der Waals surface area contributed by atoms with Gasteiger partial charge in [0.05, 0.1) is 19.8 Å². The summed E-state index contributed by atoms with van der Waals surface area (Å²) in [5, 5.41) is 8.48. The molecule has 0 saturated carbocycles. The van der Waals surface area contributed by atoms with E-state index < -0.39 is 7.25 Å². The number of halogens is 4. The summed E-state index contributed by atoms with van der Waals surface area (Å²) in [7, 11) is -4.37. The van der Waals surface area contributed by atoms with Gasteiger partial charge in [-0.3, -0.25) is 0 Å². The van der Waals surface area contributed by atoms with E-state index in [1.165, 1.54) is 0 Å². The number of hydrogen-bond acceptors (Lipinski definition) is 4. The van der Waals surface area contributed by atoms with E-state index >= 15 is 0 Å². The predicted octanol–water partition coefficient (Wildman–Crippen LogP) is 3.51. The van der Waals surface area contributed by atoms with Crippen LogP contribution < -0.4 is 4.74 Å². The van der Waals surface area contributed by atoms with Gasteiger partial charge in [-0.05, 0) is 12.1 Å². The van der Waals surface area contributed by atoms with Gasteiger partial charge in [-0.15, -0.1) is 0 Å². The molecule has 0 fully saturated rings. The highest BCUT2D eigenvalue weighted by molar-refractivity contribution is 6.50. The van der Waals surface area contributed by atoms with Gasteiger partial charge in [0.1, 0.15) is 12.4 Å². The third-order valence-electron chi connectivity index (χ3n) is 1.88. The Morgan fingerprint density at radius 1 is 1.00 bits per heavy atom. The minimum atomic E-state index is -6.00. The molecule has 0 spiro atoms. The molecular weight excluding hydrogens is 295 g/mol. The van der Waals surface area contributed by atoms with Crippen molar-refractivity contribution in [3.8, 4) is 5.75 Å². The quantitative estimate of drug-likeness (QED) is 0.335. The van der Waals surface area contributed by atoms with Crippen molar-refractivity contribution >= 4 is 12.9 Å². The Kier molecular flexibility index (Phi) is 9.92. The third kappa shape index (κ3) is 14.4. The maximum atomic E-state index is 9.75. The summed E-state index contributed by atoms with van der Waals surface area (Å²) in [4.78, 5) is 3.05. The number of rotatable bonds is 7. The van der Waals surface area contributed by atoms with Gasteiger partial charge in [-0.25, -0.2) is 0 Å². The van der Waals surface area contributed by atoms with Crippen LogP contribution in [0.5, 0.6) is 5.75 Å². The second-order valence-electron chi connectivity index (χ2n) is 3.54. The lowest BCUT2D eigenvalue weighted by Gasteiger charge is -2.05.